The Kier molecular flexibility index (Phi) is 3.12. The van der Waals surface area contributed by atoms with Crippen molar-refractivity contribution in [2.75, 3.05) is 7.11 Å². The van der Waals surface area contributed by atoms with Crippen molar-refractivity contribution in [3.8, 4) is 5.75 Å². The third-order valence-corrected chi connectivity index (χ3v) is 4.00. The second-order valence-electron chi connectivity index (χ2n) is 5.50. The SMILES string of the molecule is COc1cc(C)c(C)c2c1C(C)(CC(=O)O)CC2=O. The van der Waals surface area contributed by atoms with Crippen LogP contribution in [0.1, 0.15) is 46.8 Å². The lowest BCUT2D eigenvalue weighted by molar-refractivity contribution is -0.138. The maximum absolute atomic E-state index is 12.3. The number of rotatable bonds is 3. The average Bonchev–Trinajstić information content (AvgIpc) is 2.54. The maximum atomic E-state index is 12.3. The fourth-order valence-corrected chi connectivity index (χ4v) is 3.01. The van der Waals surface area contributed by atoms with E-state index in [1.807, 2.05) is 26.8 Å². The molecule has 102 valence electrons. The quantitative estimate of drug-likeness (QED) is 0.909. The second kappa shape index (κ2) is 4.37. The lowest BCUT2D eigenvalue weighted by atomic mass is 9.79. The van der Waals surface area contributed by atoms with Crippen LogP contribution in [-0.4, -0.2) is 24.0 Å². The molecule has 1 aromatic rings. The number of carbonyl (C=O) groups excluding carboxylic acids is 1. The van der Waals surface area contributed by atoms with Crippen LogP contribution in [0.5, 0.6) is 5.75 Å². The summed E-state index contributed by atoms with van der Waals surface area (Å²) in [5.74, 6) is -0.269. The molecule has 0 heterocycles. The van der Waals surface area contributed by atoms with Gasteiger partial charge in [0.1, 0.15) is 5.75 Å². The zero-order valence-corrected chi connectivity index (χ0v) is 11.7. The molecule has 0 aliphatic heterocycles. The van der Waals surface area contributed by atoms with Crippen LogP contribution in [0.25, 0.3) is 0 Å². The maximum Gasteiger partial charge on any atom is 0.304 e. The van der Waals surface area contributed by atoms with Gasteiger partial charge in [0.2, 0.25) is 0 Å². The topological polar surface area (TPSA) is 63.6 Å². The number of carbonyl (C=O) groups is 2. The van der Waals surface area contributed by atoms with Crippen molar-refractivity contribution in [1.29, 1.82) is 0 Å². The first-order valence-corrected chi connectivity index (χ1v) is 6.24. The first kappa shape index (κ1) is 13.6. The minimum atomic E-state index is -0.900. The van der Waals surface area contributed by atoms with Gasteiger partial charge in [-0.15, -0.1) is 0 Å². The van der Waals surface area contributed by atoms with Crippen LogP contribution in [0, 0.1) is 13.8 Å². The van der Waals surface area contributed by atoms with Gasteiger partial charge in [-0.25, -0.2) is 0 Å². The summed E-state index contributed by atoms with van der Waals surface area (Å²) in [5.41, 5.74) is 2.65. The average molecular weight is 262 g/mol. The predicted octanol–water partition coefficient (Wildman–Crippen LogP) is 2.63. The van der Waals surface area contributed by atoms with E-state index in [0.717, 1.165) is 16.7 Å². The third-order valence-electron chi connectivity index (χ3n) is 4.00. The van der Waals surface area contributed by atoms with Crippen molar-refractivity contribution in [3.05, 3.63) is 28.3 Å². The molecule has 2 rings (SSSR count). The Bertz CT molecular complexity index is 574. The zero-order chi connectivity index (χ0) is 14.4. The van der Waals surface area contributed by atoms with Crippen molar-refractivity contribution in [2.45, 2.75) is 39.0 Å². The highest BCUT2D eigenvalue weighted by atomic mass is 16.5. The van der Waals surface area contributed by atoms with Crippen molar-refractivity contribution in [2.24, 2.45) is 0 Å². The Labute approximate surface area is 112 Å². The van der Waals surface area contributed by atoms with E-state index < -0.39 is 11.4 Å². The summed E-state index contributed by atoms with van der Waals surface area (Å²) in [6.45, 7) is 5.65. The largest absolute Gasteiger partial charge is 0.496 e. The van der Waals surface area contributed by atoms with Crippen LogP contribution in [0.2, 0.25) is 0 Å². The smallest absolute Gasteiger partial charge is 0.304 e. The van der Waals surface area contributed by atoms with E-state index in [1.165, 1.54) is 0 Å². The molecule has 19 heavy (non-hydrogen) atoms. The monoisotopic (exact) mass is 262 g/mol. The summed E-state index contributed by atoms with van der Waals surface area (Å²) in [6.07, 6.45) is 0.167. The fourth-order valence-electron chi connectivity index (χ4n) is 3.01. The number of benzene rings is 1. The lowest BCUT2D eigenvalue weighted by Crippen LogP contribution is -2.23. The summed E-state index contributed by atoms with van der Waals surface area (Å²) in [5, 5.41) is 9.09. The van der Waals surface area contributed by atoms with E-state index in [9.17, 15) is 9.59 Å². The fraction of sp³-hybridized carbons (Fsp3) is 0.467. The minimum absolute atomic E-state index is 0.0123. The van der Waals surface area contributed by atoms with Gasteiger partial charge in [0.15, 0.2) is 5.78 Å². The van der Waals surface area contributed by atoms with Crippen LogP contribution in [0.15, 0.2) is 6.07 Å². The number of Topliss-reactive ketones (excluding diaryl/α,β-unsaturated/α-hetero) is 1. The molecular formula is C15H18O4. The number of ketones is 1. The van der Waals surface area contributed by atoms with Gasteiger partial charge in [0.05, 0.1) is 13.5 Å². The van der Waals surface area contributed by atoms with Crippen molar-refractivity contribution in [3.63, 3.8) is 0 Å². The van der Waals surface area contributed by atoms with Crippen LogP contribution in [0.4, 0.5) is 0 Å². The normalized spacial score (nSPS) is 21.4. The Morgan fingerprint density at radius 3 is 2.63 bits per heavy atom. The van der Waals surface area contributed by atoms with Crippen LogP contribution >= 0.6 is 0 Å². The highest BCUT2D eigenvalue weighted by Gasteiger charge is 2.44. The van der Waals surface area contributed by atoms with E-state index in [4.69, 9.17) is 9.84 Å². The van der Waals surface area contributed by atoms with Gasteiger partial charge in [0, 0.05) is 23.0 Å². The molecule has 0 saturated carbocycles. The zero-order valence-electron chi connectivity index (χ0n) is 11.7. The van der Waals surface area contributed by atoms with Crippen LogP contribution in [0.3, 0.4) is 0 Å². The van der Waals surface area contributed by atoms with E-state index in [2.05, 4.69) is 0 Å². The molecule has 1 N–H and O–H groups in total. The number of aliphatic carboxylic acids is 1. The molecule has 0 amide bonds. The van der Waals surface area contributed by atoms with Gasteiger partial charge in [-0.3, -0.25) is 9.59 Å². The molecule has 0 spiro atoms. The first-order chi connectivity index (χ1) is 8.80. The van der Waals surface area contributed by atoms with Gasteiger partial charge in [-0.2, -0.15) is 0 Å². The Morgan fingerprint density at radius 1 is 1.47 bits per heavy atom. The molecule has 4 heteroatoms. The lowest BCUT2D eigenvalue weighted by Gasteiger charge is -2.25. The van der Waals surface area contributed by atoms with E-state index in [1.54, 1.807) is 7.11 Å². The van der Waals surface area contributed by atoms with Gasteiger partial charge in [0.25, 0.3) is 0 Å². The molecule has 4 nitrogen and oxygen atoms in total. The standard InChI is InChI=1S/C15H18O4/c1-8-5-11(19-4)14-13(9(8)2)10(16)6-15(14,3)7-12(17)18/h5H,6-7H2,1-4H3,(H,17,18). The summed E-state index contributed by atoms with van der Waals surface area (Å²) in [7, 11) is 1.55. The van der Waals surface area contributed by atoms with Crippen LogP contribution < -0.4 is 4.74 Å². The van der Waals surface area contributed by atoms with Gasteiger partial charge < -0.3 is 9.84 Å². The van der Waals surface area contributed by atoms with Crippen molar-refractivity contribution < 1.29 is 19.4 Å². The first-order valence-electron chi connectivity index (χ1n) is 6.24. The third kappa shape index (κ3) is 2.01. The summed E-state index contributed by atoms with van der Waals surface area (Å²) >= 11 is 0. The van der Waals surface area contributed by atoms with Crippen molar-refractivity contribution in [1.82, 2.24) is 0 Å². The Hall–Kier alpha value is -1.84. The van der Waals surface area contributed by atoms with Crippen LogP contribution in [-0.2, 0) is 10.2 Å². The van der Waals surface area contributed by atoms with Gasteiger partial charge in [-0.05, 0) is 31.0 Å². The van der Waals surface area contributed by atoms with E-state index >= 15 is 0 Å². The molecule has 1 atom stereocenters. The molecule has 0 bridgehead atoms. The predicted molar refractivity (Wildman–Crippen MR) is 71.0 cm³/mol. The summed E-state index contributed by atoms with van der Waals surface area (Å²) in [6, 6.07) is 1.88. The molecule has 1 aliphatic rings. The molecule has 0 radical (unpaired) electrons. The number of fused-ring (bicyclic) bond motifs is 1. The number of aryl methyl sites for hydroxylation is 1. The number of hydrogen-bond donors (Lipinski definition) is 1. The molecule has 1 aliphatic carbocycles. The molecule has 1 aromatic carbocycles. The number of carboxylic acids is 1. The Morgan fingerprint density at radius 2 is 2.11 bits per heavy atom. The molecule has 0 aromatic heterocycles. The number of ether oxygens (including phenoxy) is 1. The number of methoxy groups -OCH3 is 1. The summed E-state index contributed by atoms with van der Waals surface area (Å²) in [4.78, 5) is 23.3. The number of hydrogen-bond acceptors (Lipinski definition) is 3. The summed E-state index contributed by atoms with van der Waals surface area (Å²) < 4.78 is 5.37. The highest BCUT2D eigenvalue weighted by molar-refractivity contribution is 6.05. The van der Waals surface area contributed by atoms with Gasteiger partial charge >= 0.3 is 5.97 Å². The number of carboxylic acid groups (broad SMARTS) is 1. The van der Waals surface area contributed by atoms with Gasteiger partial charge in [-0.1, -0.05) is 6.92 Å². The molecule has 1 unspecified atom stereocenters. The molecule has 0 fully saturated rings. The Balaban J connectivity index is 2.72. The van der Waals surface area contributed by atoms with Crippen molar-refractivity contribution >= 4 is 11.8 Å². The molecular weight excluding hydrogens is 244 g/mol. The van der Waals surface area contributed by atoms with E-state index in [0.29, 0.717) is 11.3 Å². The minimum Gasteiger partial charge on any atom is -0.496 e. The second-order valence-corrected chi connectivity index (χ2v) is 5.50. The molecule has 0 saturated heterocycles. The van der Waals surface area contributed by atoms with E-state index in [-0.39, 0.29) is 18.6 Å². The highest BCUT2D eigenvalue weighted by Crippen LogP contribution is 2.47.